The first-order valence-electron chi connectivity index (χ1n) is 16.3. The van der Waals surface area contributed by atoms with Gasteiger partial charge in [-0.25, -0.2) is 0 Å². The van der Waals surface area contributed by atoms with E-state index in [1.807, 2.05) is 60.9 Å². The zero-order valence-electron chi connectivity index (χ0n) is 28.4. The van der Waals surface area contributed by atoms with E-state index in [0.29, 0.717) is 23.5 Å². The molecule has 2 heterocycles. The first kappa shape index (κ1) is 34.1. The van der Waals surface area contributed by atoms with Crippen molar-refractivity contribution in [1.29, 1.82) is 0 Å². The van der Waals surface area contributed by atoms with E-state index < -0.39 is 0 Å². The number of pyridine rings is 2. The molecule has 2 aromatic heterocycles. The summed E-state index contributed by atoms with van der Waals surface area (Å²) in [7, 11) is 8.30. The van der Waals surface area contributed by atoms with Gasteiger partial charge in [0.05, 0.1) is 35.1 Å². The number of hydrogen-bond acceptors (Lipinski definition) is 9. The molecular formula is C39H46N8O. The highest BCUT2D eigenvalue weighted by atomic mass is 16.1. The minimum absolute atomic E-state index is 0.599. The summed E-state index contributed by atoms with van der Waals surface area (Å²) in [6.07, 6.45) is 9.81. The second kappa shape index (κ2) is 16.0. The summed E-state index contributed by atoms with van der Waals surface area (Å²) >= 11 is 0. The van der Waals surface area contributed by atoms with Gasteiger partial charge in [0.15, 0.2) is 6.29 Å². The number of carbonyl (C=O) groups is 1. The molecule has 0 spiro atoms. The Hall–Kier alpha value is -5.25. The smallest absolute Gasteiger partial charge is 0.150 e. The molecule has 0 amide bonds. The number of aromatic nitrogens is 2. The van der Waals surface area contributed by atoms with Gasteiger partial charge in [-0.3, -0.25) is 14.8 Å². The zero-order valence-corrected chi connectivity index (χ0v) is 28.4. The Labute approximate surface area is 284 Å². The van der Waals surface area contributed by atoms with Gasteiger partial charge in [0, 0.05) is 59.1 Å². The van der Waals surface area contributed by atoms with Crippen LogP contribution in [0.1, 0.15) is 23.2 Å². The summed E-state index contributed by atoms with van der Waals surface area (Å²) < 4.78 is 0. The van der Waals surface area contributed by atoms with Crippen LogP contribution in [0.25, 0.3) is 22.3 Å². The fraction of sp³-hybridized carbons (Fsp3) is 0.256. The molecule has 248 valence electrons. The van der Waals surface area contributed by atoms with Crippen molar-refractivity contribution in [2.24, 2.45) is 0 Å². The maximum atomic E-state index is 12.8. The van der Waals surface area contributed by atoms with Gasteiger partial charge in [-0.2, -0.15) is 0 Å². The minimum atomic E-state index is 0.599. The predicted molar refractivity (Wildman–Crippen MR) is 200 cm³/mol. The number of para-hydroxylation sites is 2. The Bertz CT molecular complexity index is 1820. The Kier molecular flexibility index (Phi) is 11.4. The summed E-state index contributed by atoms with van der Waals surface area (Å²) in [6.45, 7) is 3.26. The van der Waals surface area contributed by atoms with Crippen LogP contribution < -0.4 is 21.3 Å². The molecule has 0 aliphatic heterocycles. The van der Waals surface area contributed by atoms with E-state index in [0.717, 1.165) is 83.8 Å². The largest absolute Gasteiger partial charge is 0.397 e. The zero-order chi connectivity index (χ0) is 34.0. The quantitative estimate of drug-likeness (QED) is 0.117. The monoisotopic (exact) mass is 642 g/mol. The number of nitrogens with zero attached hydrogens (tertiary/aromatic N) is 6. The van der Waals surface area contributed by atoms with Crippen LogP contribution in [0.4, 0.5) is 34.1 Å². The summed E-state index contributed by atoms with van der Waals surface area (Å²) in [4.78, 5) is 30.5. The van der Waals surface area contributed by atoms with Crippen LogP contribution in [0.2, 0.25) is 0 Å². The first-order valence-corrected chi connectivity index (χ1v) is 16.3. The van der Waals surface area contributed by atoms with Gasteiger partial charge in [0.25, 0.3) is 0 Å². The molecule has 4 N–H and O–H groups in total. The second-order valence-electron chi connectivity index (χ2n) is 12.4. The van der Waals surface area contributed by atoms with Crippen LogP contribution >= 0.6 is 0 Å². The van der Waals surface area contributed by atoms with Crippen molar-refractivity contribution >= 4 is 40.4 Å². The van der Waals surface area contributed by atoms with Crippen molar-refractivity contribution in [2.45, 2.75) is 12.8 Å². The SMILES string of the molecule is CN(C)CCCN(c1cnccc1N)c1ccccc1-c1cccc(C=O)c1-c1ccccc1N(CCCN(C)C)c1cnccc1N. The molecule has 0 saturated carbocycles. The van der Waals surface area contributed by atoms with E-state index in [9.17, 15) is 4.79 Å². The van der Waals surface area contributed by atoms with Crippen LogP contribution in [0.5, 0.6) is 0 Å². The second-order valence-corrected chi connectivity index (χ2v) is 12.4. The third-order valence-corrected chi connectivity index (χ3v) is 8.39. The van der Waals surface area contributed by atoms with Gasteiger partial charge < -0.3 is 31.1 Å². The molecule has 0 saturated heterocycles. The van der Waals surface area contributed by atoms with E-state index in [2.05, 4.69) is 88.1 Å². The summed E-state index contributed by atoms with van der Waals surface area (Å²) in [6, 6.07) is 26.1. The number of anilines is 6. The molecule has 48 heavy (non-hydrogen) atoms. The summed E-state index contributed by atoms with van der Waals surface area (Å²) in [5.74, 6) is 0. The molecule has 0 radical (unpaired) electrons. The normalized spacial score (nSPS) is 11.2. The molecule has 0 fully saturated rings. The van der Waals surface area contributed by atoms with Crippen LogP contribution in [-0.2, 0) is 0 Å². The fourth-order valence-corrected chi connectivity index (χ4v) is 6.13. The highest BCUT2D eigenvalue weighted by molar-refractivity contribution is 6.02. The molecule has 0 unspecified atom stereocenters. The van der Waals surface area contributed by atoms with E-state index in [4.69, 9.17) is 11.5 Å². The highest BCUT2D eigenvalue weighted by Crippen LogP contribution is 2.45. The minimum Gasteiger partial charge on any atom is -0.397 e. The number of rotatable bonds is 15. The number of carbonyl (C=O) groups excluding carboxylic acids is 1. The average molecular weight is 643 g/mol. The molecule has 0 aliphatic rings. The maximum Gasteiger partial charge on any atom is 0.150 e. The number of aldehydes is 1. The van der Waals surface area contributed by atoms with Crippen molar-refractivity contribution in [3.8, 4) is 22.3 Å². The molecule has 0 bridgehead atoms. The standard InChI is InChI=1S/C39H46N8O/c1-44(2)22-10-24-46(37-26-42-20-18-33(37)40)35-16-7-5-13-30(35)31-15-9-12-29(28-48)39(31)32-14-6-8-17-36(32)47(25-11-23-45(3)4)38-27-43-21-19-34(38)41/h5-9,12-21,26-28H,10-11,22-25H2,1-4H3,(H2,40,42)(H2,41,43). The molecular weight excluding hydrogens is 596 g/mol. The van der Waals surface area contributed by atoms with Gasteiger partial charge in [0.1, 0.15) is 0 Å². The van der Waals surface area contributed by atoms with Crippen molar-refractivity contribution in [3.63, 3.8) is 0 Å². The Morgan fingerprint density at radius 1 is 0.562 bits per heavy atom. The Morgan fingerprint density at radius 2 is 1.04 bits per heavy atom. The third kappa shape index (κ3) is 7.82. The van der Waals surface area contributed by atoms with Crippen LogP contribution in [0.3, 0.4) is 0 Å². The van der Waals surface area contributed by atoms with Gasteiger partial charge in [-0.15, -0.1) is 0 Å². The molecule has 0 aliphatic carbocycles. The number of nitrogens with two attached hydrogens (primary N) is 2. The van der Waals surface area contributed by atoms with E-state index in [1.165, 1.54) is 0 Å². The van der Waals surface area contributed by atoms with Gasteiger partial charge in [-0.05, 0) is 84.0 Å². The fourth-order valence-electron chi connectivity index (χ4n) is 6.13. The summed E-state index contributed by atoms with van der Waals surface area (Å²) in [5.41, 5.74) is 22.3. The number of hydrogen-bond donors (Lipinski definition) is 2. The third-order valence-electron chi connectivity index (χ3n) is 8.39. The van der Waals surface area contributed by atoms with E-state index in [1.54, 1.807) is 12.4 Å². The van der Waals surface area contributed by atoms with Crippen molar-refractivity contribution < 1.29 is 4.79 Å². The number of benzene rings is 3. The van der Waals surface area contributed by atoms with Crippen molar-refractivity contribution in [2.75, 3.05) is 75.6 Å². The van der Waals surface area contributed by atoms with Gasteiger partial charge in [0.2, 0.25) is 0 Å². The van der Waals surface area contributed by atoms with E-state index >= 15 is 0 Å². The highest BCUT2D eigenvalue weighted by Gasteiger charge is 2.24. The van der Waals surface area contributed by atoms with Gasteiger partial charge in [-0.1, -0.05) is 54.6 Å². The topological polar surface area (TPSA) is 108 Å². The van der Waals surface area contributed by atoms with Crippen molar-refractivity contribution in [3.05, 3.63) is 109 Å². The molecule has 5 aromatic rings. The van der Waals surface area contributed by atoms with Gasteiger partial charge >= 0.3 is 0 Å². The molecule has 9 nitrogen and oxygen atoms in total. The summed E-state index contributed by atoms with van der Waals surface area (Å²) in [5, 5.41) is 0. The lowest BCUT2D eigenvalue weighted by atomic mass is 9.88. The first-order chi connectivity index (χ1) is 23.3. The van der Waals surface area contributed by atoms with Crippen molar-refractivity contribution in [1.82, 2.24) is 19.8 Å². The molecule has 9 heteroatoms. The molecule has 5 rings (SSSR count). The number of nitrogen functional groups attached to an aromatic ring is 2. The lowest BCUT2D eigenvalue weighted by Crippen LogP contribution is -2.25. The van der Waals surface area contributed by atoms with E-state index in [-0.39, 0.29) is 0 Å². The maximum absolute atomic E-state index is 12.8. The Morgan fingerprint density at radius 3 is 1.54 bits per heavy atom. The van der Waals surface area contributed by atoms with Crippen LogP contribution in [0, 0.1) is 0 Å². The lowest BCUT2D eigenvalue weighted by molar-refractivity contribution is 0.112. The predicted octanol–water partition coefficient (Wildman–Crippen LogP) is 6.97. The van der Waals surface area contributed by atoms with Crippen LogP contribution in [0.15, 0.2) is 104 Å². The molecule has 0 atom stereocenters. The average Bonchev–Trinajstić information content (AvgIpc) is 3.09. The lowest BCUT2D eigenvalue weighted by Gasteiger charge is -2.31. The Balaban J connectivity index is 1.72. The van der Waals surface area contributed by atoms with Crippen LogP contribution in [-0.4, -0.2) is 80.4 Å². The molecule has 3 aromatic carbocycles.